The second-order valence-corrected chi connectivity index (χ2v) is 7.60. The van der Waals surface area contributed by atoms with Gasteiger partial charge in [0.2, 0.25) is 0 Å². The van der Waals surface area contributed by atoms with Gasteiger partial charge in [-0.2, -0.15) is 0 Å². The second-order valence-electron chi connectivity index (χ2n) is 5.92. The van der Waals surface area contributed by atoms with Gasteiger partial charge in [-0.15, -0.1) is 0 Å². The number of thiocarbonyl (C=S) groups is 1. The van der Waals surface area contributed by atoms with Crippen molar-refractivity contribution >= 4 is 34.2 Å². The van der Waals surface area contributed by atoms with Crippen LogP contribution in [-0.2, 0) is 4.79 Å². The van der Waals surface area contributed by atoms with Crippen molar-refractivity contribution < 1.29 is 4.79 Å². The highest BCUT2D eigenvalue weighted by molar-refractivity contribution is 8.26. The Hall–Kier alpha value is -0.350. The summed E-state index contributed by atoms with van der Waals surface area (Å²) in [6.45, 7) is 6.92. The molecule has 1 aliphatic carbocycles. The molecule has 0 aromatic heterocycles. The summed E-state index contributed by atoms with van der Waals surface area (Å²) < 4.78 is 0.607. The van der Waals surface area contributed by atoms with E-state index in [0.29, 0.717) is 9.74 Å². The molecule has 17 heavy (non-hydrogen) atoms. The van der Waals surface area contributed by atoms with Gasteiger partial charge in [-0.05, 0) is 37.0 Å². The van der Waals surface area contributed by atoms with Crippen LogP contribution in [0.5, 0.6) is 0 Å². The summed E-state index contributed by atoms with van der Waals surface area (Å²) in [6.07, 6.45) is 4.51. The number of amides is 1. The minimum Gasteiger partial charge on any atom is -0.307 e. The molecule has 2 fully saturated rings. The van der Waals surface area contributed by atoms with E-state index < -0.39 is 0 Å². The van der Waals surface area contributed by atoms with Gasteiger partial charge < -0.3 is 5.32 Å². The van der Waals surface area contributed by atoms with Crippen molar-refractivity contribution in [1.29, 1.82) is 0 Å². The van der Waals surface area contributed by atoms with Crippen LogP contribution >= 0.6 is 24.0 Å². The summed E-state index contributed by atoms with van der Waals surface area (Å²) in [5.41, 5.74) is 1.70. The molecule has 0 aromatic rings. The molecular formula is C13H19NOS2. The number of hydrogen-bond acceptors (Lipinski definition) is 3. The third-order valence-electron chi connectivity index (χ3n) is 3.75. The van der Waals surface area contributed by atoms with Gasteiger partial charge in [0.1, 0.15) is 4.32 Å². The lowest BCUT2D eigenvalue weighted by Gasteiger charge is -2.35. The molecular weight excluding hydrogens is 250 g/mol. The summed E-state index contributed by atoms with van der Waals surface area (Å²) >= 11 is 6.46. The minimum absolute atomic E-state index is 0.0178. The number of allylic oxidation sites excluding steroid dienone is 1. The van der Waals surface area contributed by atoms with Gasteiger partial charge in [-0.1, -0.05) is 50.3 Å². The molecule has 0 unspecified atom stereocenters. The Labute approximate surface area is 113 Å². The fraction of sp³-hybridized carbons (Fsp3) is 0.692. The van der Waals surface area contributed by atoms with Gasteiger partial charge >= 0.3 is 0 Å². The summed E-state index contributed by atoms with van der Waals surface area (Å²) in [7, 11) is 0. The Morgan fingerprint density at radius 3 is 2.29 bits per heavy atom. The Balaban J connectivity index is 2.07. The first kappa shape index (κ1) is 13.1. The van der Waals surface area contributed by atoms with Crippen molar-refractivity contribution in [2.75, 3.05) is 0 Å². The van der Waals surface area contributed by atoms with E-state index in [0.717, 1.165) is 23.7 Å². The van der Waals surface area contributed by atoms with Crippen LogP contribution < -0.4 is 5.32 Å². The normalized spacial score (nSPS) is 26.4. The van der Waals surface area contributed by atoms with Crippen LogP contribution in [0.25, 0.3) is 0 Å². The zero-order chi connectivity index (χ0) is 12.6. The monoisotopic (exact) mass is 269 g/mol. The quantitative estimate of drug-likeness (QED) is 0.538. The maximum absolute atomic E-state index is 11.7. The average Bonchev–Trinajstić information content (AvgIpc) is 2.57. The lowest BCUT2D eigenvalue weighted by atomic mass is 9.71. The predicted octanol–water partition coefficient (Wildman–Crippen LogP) is 3.62. The molecule has 2 nitrogen and oxygen atoms in total. The topological polar surface area (TPSA) is 29.1 Å². The number of carbonyl (C=O) groups excluding carboxylic acids is 1. The van der Waals surface area contributed by atoms with Gasteiger partial charge in [-0.25, -0.2) is 0 Å². The van der Waals surface area contributed by atoms with Crippen molar-refractivity contribution in [2.45, 2.75) is 46.5 Å². The van der Waals surface area contributed by atoms with Crippen LogP contribution in [0.1, 0.15) is 46.5 Å². The number of rotatable bonds is 0. The highest BCUT2D eigenvalue weighted by Crippen LogP contribution is 2.42. The standard InChI is InChI=1S/C13H19NOS2/c1-13(2,3)9-6-4-8(5-7-9)10-11(15)14-12(16)17-10/h9H,4-7H2,1-3H3,(H,14,15,16). The predicted molar refractivity (Wildman–Crippen MR) is 76.8 cm³/mol. The first-order valence-electron chi connectivity index (χ1n) is 6.13. The molecule has 1 amide bonds. The summed E-state index contributed by atoms with van der Waals surface area (Å²) in [4.78, 5) is 12.6. The third-order valence-corrected chi connectivity index (χ3v) is 5.07. The van der Waals surface area contributed by atoms with Crippen LogP contribution in [0.3, 0.4) is 0 Å². The number of carbonyl (C=O) groups is 1. The first-order valence-corrected chi connectivity index (χ1v) is 7.35. The van der Waals surface area contributed by atoms with Gasteiger partial charge in [-0.3, -0.25) is 4.79 Å². The van der Waals surface area contributed by atoms with E-state index >= 15 is 0 Å². The van der Waals surface area contributed by atoms with Crippen LogP contribution in [-0.4, -0.2) is 10.2 Å². The molecule has 0 spiro atoms. The van der Waals surface area contributed by atoms with E-state index in [1.54, 1.807) is 0 Å². The summed E-state index contributed by atoms with van der Waals surface area (Å²) in [5, 5.41) is 2.70. The van der Waals surface area contributed by atoms with Gasteiger partial charge in [0.25, 0.3) is 5.91 Å². The minimum atomic E-state index is 0.0178. The molecule has 0 bridgehead atoms. The lowest BCUT2D eigenvalue weighted by Crippen LogP contribution is -2.24. The van der Waals surface area contributed by atoms with Crippen LogP contribution in [0, 0.1) is 11.3 Å². The Morgan fingerprint density at radius 1 is 1.29 bits per heavy atom. The average molecular weight is 269 g/mol. The largest absolute Gasteiger partial charge is 0.307 e. The highest BCUT2D eigenvalue weighted by Gasteiger charge is 2.31. The van der Waals surface area contributed by atoms with Gasteiger partial charge in [0, 0.05) is 0 Å². The zero-order valence-corrected chi connectivity index (χ0v) is 12.3. The summed E-state index contributed by atoms with van der Waals surface area (Å²) in [6, 6.07) is 0. The van der Waals surface area contributed by atoms with E-state index in [1.165, 1.54) is 30.2 Å². The maximum Gasteiger partial charge on any atom is 0.263 e. The Kier molecular flexibility index (Phi) is 3.64. The number of hydrogen-bond donors (Lipinski definition) is 1. The zero-order valence-electron chi connectivity index (χ0n) is 10.6. The molecule has 0 radical (unpaired) electrons. The van der Waals surface area contributed by atoms with Crippen LogP contribution in [0.2, 0.25) is 0 Å². The Morgan fingerprint density at radius 2 is 1.88 bits per heavy atom. The lowest BCUT2D eigenvalue weighted by molar-refractivity contribution is -0.115. The molecule has 1 N–H and O–H groups in total. The Bertz CT molecular complexity index is 383. The van der Waals surface area contributed by atoms with Crippen molar-refractivity contribution in [3.63, 3.8) is 0 Å². The summed E-state index contributed by atoms with van der Waals surface area (Å²) in [5.74, 6) is 0.789. The first-order chi connectivity index (χ1) is 7.88. The van der Waals surface area contributed by atoms with Crippen molar-refractivity contribution in [1.82, 2.24) is 5.32 Å². The van der Waals surface area contributed by atoms with E-state index in [-0.39, 0.29) is 5.91 Å². The fourth-order valence-corrected chi connectivity index (χ4v) is 3.77. The number of thioether (sulfide) groups is 1. The highest BCUT2D eigenvalue weighted by atomic mass is 32.2. The molecule has 0 atom stereocenters. The SMILES string of the molecule is CC(C)(C)C1CCC(=C2SC(=S)NC2=O)CC1. The molecule has 2 aliphatic rings. The van der Waals surface area contributed by atoms with E-state index in [4.69, 9.17) is 12.2 Å². The molecule has 1 heterocycles. The van der Waals surface area contributed by atoms with E-state index in [9.17, 15) is 4.79 Å². The molecule has 1 saturated heterocycles. The molecule has 0 aromatic carbocycles. The number of nitrogens with one attached hydrogen (secondary N) is 1. The van der Waals surface area contributed by atoms with E-state index in [2.05, 4.69) is 26.1 Å². The third kappa shape index (κ3) is 2.91. The fourth-order valence-electron chi connectivity index (χ4n) is 2.61. The van der Waals surface area contributed by atoms with Crippen molar-refractivity contribution in [3.05, 3.63) is 10.5 Å². The van der Waals surface area contributed by atoms with Crippen LogP contribution in [0.4, 0.5) is 0 Å². The molecule has 4 heteroatoms. The second kappa shape index (κ2) is 4.73. The maximum atomic E-state index is 11.7. The molecule has 1 aliphatic heterocycles. The van der Waals surface area contributed by atoms with Gasteiger partial charge in [0.05, 0.1) is 4.91 Å². The molecule has 2 rings (SSSR count). The van der Waals surface area contributed by atoms with Gasteiger partial charge in [0.15, 0.2) is 0 Å². The molecule has 1 saturated carbocycles. The van der Waals surface area contributed by atoms with Crippen molar-refractivity contribution in [2.24, 2.45) is 11.3 Å². The van der Waals surface area contributed by atoms with Crippen molar-refractivity contribution in [3.8, 4) is 0 Å². The smallest absolute Gasteiger partial charge is 0.263 e. The molecule has 94 valence electrons. The van der Waals surface area contributed by atoms with E-state index in [1.807, 2.05) is 0 Å². The van der Waals surface area contributed by atoms with Crippen LogP contribution in [0.15, 0.2) is 10.5 Å².